The number of esters is 1. The van der Waals surface area contributed by atoms with Gasteiger partial charge in [-0.15, -0.1) is 0 Å². The monoisotopic (exact) mass is 432 g/mol. The topological polar surface area (TPSA) is 96.6 Å². The van der Waals surface area contributed by atoms with Crippen LogP contribution in [-0.4, -0.2) is 53.6 Å². The van der Waals surface area contributed by atoms with Gasteiger partial charge in [0, 0.05) is 38.4 Å². The van der Waals surface area contributed by atoms with Crippen LogP contribution in [0, 0.1) is 0 Å². The number of carbonyl (C=O) groups excluding carboxylic acids is 1. The second-order valence-corrected chi connectivity index (χ2v) is 7.63. The average Bonchev–Trinajstić information content (AvgIpc) is 2.82. The van der Waals surface area contributed by atoms with Gasteiger partial charge in [0.2, 0.25) is 0 Å². The lowest BCUT2D eigenvalue weighted by Crippen LogP contribution is -2.46. The first-order valence-corrected chi connectivity index (χ1v) is 10.8. The maximum absolute atomic E-state index is 11.8. The van der Waals surface area contributed by atoms with Crippen LogP contribution in [-0.2, 0) is 11.3 Å². The molecule has 0 radical (unpaired) electrons. The number of hydrogen-bond donors (Lipinski definition) is 2. The number of benzene rings is 2. The Bertz CT molecular complexity index is 1030. The molecule has 0 spiro atoms. The van der Waals surface area contributed by atoms with Crippen LogP contribution in [0.1, 0.15) is 22.8 Å². The van der Waals surface area contributed by atoms with Gasteiger partial charge in [0.1, 0.15) is 12.0 Å². The Balaban J connectivity index is 1.39. The van der Waals surface area contributed by atoms with E-state index in [9.17, 15) is 4.79 Å². The molecule has 8 nitrogen and oxygen atoms in total. The van der Waals surface area contributed by atoms with Crippen LogP contribution in [0.2, 0.25) is 0 Å². The van der Waals surface area contributed by atoms with Gasteiger partial charge in [-0.1, -0.05) is 30.3 Å². The van der Waals surface area contributed by atoms with E-state index < -0.39 is 0 Å². The molecule has 0 atom stereocenters. The number of nitrogens with one attached hydrogen (secondary N) is 1. The Hall–Kier alpha value is -3.65. The predicted octanol–water partition coefficient (Wildman–Crippen LogP) is 3.30. The Morgan fingerprint density at radius 2 is 1.75 bits per heavy atom. The molecular weight excluding hydrogens is 404 g/mol. The van der Waals surface area contributed by atoms with Crippen molar-refractivity contribution in [3.05, 3.63) is 72.1 Å². The highest BCUT2D eigenvalue weighted by atomic mass is 16.5. The summed E-state index contributed by atoms with van der Waals surface area (Å²) in [6.45, 7) is 6.66. The van der Waals surface area contributed by atoms with Crippen LogP contribution in [0.15, 0.2) is 60.9 Å². The smallest absolute Gasteiger partial charge is 0.338 e. The molecular formula is C24H28N6O2. The van der Waals surface area contributed by atoms with Gasteiger partial charge in [-0.2, -0.15) is 0 Å². The summed E-state index contributed by atoms with van der Waals surface area (Å²) < 4.78 is 5.02. The second kappa shape index (κ2) is 10.1. The number of nitrogens with two attached hydrogens (primary N) is 1. The number of ether oxygens (including phenoxy) is 1. The van der Waals surface area contributed by atoms with Crippen molar-refractivity contribution >= 4 is 29.0 Å². The van der Waals surface area contributed by atoms with Gasteiger partial charge in [0.15, 0.2) is 11.6 Å². The molecule has 2 heterocycles. The minimum Gasteiger partial charge on any atom is -0.462 e. The Kier molecular flexibility index (Phi) is 6.81. The summed E-state index contributed by atoms with van der Waals surface area (Å²) in [6, 6.07) is 17.5. The first-order valence-electron chi connectivity index (χ1n) is 10.8. The van der Waals surface area contributed by atoms with E-state index in [1.165, 1.54) is 11.9 Å². The second-order valence-electron chi connectivity index (χ2n) is 7.63. The molecule has 1 aliphatic heterocycles. The van der Waals surface area contributed by atoms with Crippen molar-refractivity contribution in [2.24, 2.45) is 0 Å². The van der Waals surface area contributed by atoms with E-state index in [0.29, 0.717) is 23.7 Å². The fraction of sp³-hybridized carbons (Fsp3) is 0.292. The lowest BCUT2D eigenvalue weighted by Gasteiger charge is -2.36. The molecule has 1 aromatic heterocycles. The number of anilines is 4. The summed E-state index contributed by atoms with van der Waals surface area (Å²) in [4.78, 5) is 25.2. The number of nitrogens with zero attached hydrogens (tertiary/aromatic N) is 4. The molecule has 0 aliphatic carbocycles. The summed E-state index contributed by atoms with van der Waals surface area (Å²) in [6.07, 6.45) is 1.53. The van der Waals surface area contributed by atoms with Gasteiger partial charge >= 0.3 is 5.97 Å². The quantitative estimate of drug-likeness (QED) is 0.549. The largest absolute Gasteiger partial charge is 0.462 e. The molecule has 3 aromatic rings. The molecule has 32 heavy (non-hydrogen) atoms. The molecule has 0 amide bonds. The standard InChI is InChI=1S/C24H28N6O2/c1-2-32-24(31)19-8-10-20(11-9-19)28-22-21(25)23(27-17-26-22)30-14-12-29(13-15-30)16-18-6-4-3-5-7-18/h3-11,17H,2,12-16,25H2,1H3,(H,26,27,28). The minimum atomic E-state index is -0.339. The molecule has 4 rings (SSSR count). The Labute approximate surface area is 188 Å². The third-order valence-corrected chi connectivity index (χ3v) is 5.44. The van der Waals surface area contributed by atoms with Crippen molar-refractivity contribution in [3.63, 3.8) is 0 Å². The zero-order chi connectivity index (χ0) is 22.3. The summed E-state index contributed by atoms with van der Waals surface area (Å²) in [5.74, 6) is 0.949. The summed E-state index contributed by atoms with van der Waals surface area (Å²) in [5, 5.41) is 3.23. The van der Waals surface area contributed by atoms with Crippen LogP contribution in [0.3, 0.4) is 0 Å². The predicted molar refractivity (Wildman–Crippen MR) is 126 cm³/mol. The molecule has 1 saturated heterocycles. The van der Waals surface area contributed by atoms with Crippen molar-refractivity contribution in [1.29, 1.82) is 0 Å². The van der Waals surface area contributed by atoms with Crippen molar-refractivity contribution in [1.82, 2.24) is 14.9 Å². The normalized spacial score (nSPS) is 14.2. The van der Waals surface area contributed by atoms with Crippen LogP contribution < -0.4 is 16.0 Å². The lowest BCUT2D eigenvalue weighted by molar-refractivity contribution is 0.0526. The van der Waals surface area contributed by atoms with E-state index in [1.54, 1.807) is 31.2 Å². The van der Waals surface area contributed by atoms with Crippen molar-refractivity contribution in [3.8, 4) is 0 Å². The lowest BCUT2D eigenvalue weighted by atomic mass is 10.2. The van der Waals surface area contributed by atoms with Crippen molar-refractivity contribution in [2.45, 2.75) is 13.5 Å². The molecule has 0 bridgehead atoms. The number of carbonyl (C=O) groups is 1. The van der Waals surface area contributed by atoms with E-state index >= 15 is 0 Å². The first kappa shape index (κ1) is 21.6. The van der Waals surface area contributed by atoms with Gasteiger partial charge in [0.05, 0.1) is 12.2 Å². The van der Waals surface area contributed by atoms with E-state index in [0.717, 1.165) is 44.2 Å². The minimum absolute atomic E-state index is 0.339. The number of rotatable bonds is 7. The molecule has 1 aliphatic rings. The molecule has 0 unspecified atom stereocenters. The van der Waals surface area contributed by atoms with Crippen LogP contribution in [0.4, 0.5) is 23.0 Å². The molecule has 2 aromatic carbocycles. The van der Waals surface area contributed by atoms with Crippen LogP contribution in [0.5, 0.6) is 0 Å². The summed E-state index contributed by atoms with van der Waals surface area (Å²) in [7, 11) is 0. The molecule has 166 valence electrons. The van der Waals surface area contributed by atoms with Crippen molar-refractivity contribution < 1.29 is 9.53 Å². The highest BCUT2D eigenvalue weighted by Crippen LogP contribution is 2.29. The van der Waals surface area contributed by atoms with Crippen LogP contribution in [0.25, 0.3) is 0 Å². The highest BCUT2D eigenvalue weighted by Gasteiger charge is 2.21. The third kappa shape index (κ3) is 5.15. The van der Waals surface area contributed by atoms with E-state index in [-0.39, 0.29) is 5.97 Å². The first-order chi connectivity index (χ1) is 15.6. The number of nitrogen functional groups attached to an aromatic ring is 1. The van der Waals surface area contributed by atoms with Crippen LogP contribution >= 0.6 is 0 Å². The van der Waals surface area contributed by atoms with Gasteiger partial charge in [-0.25, -0.2) is 14.8 Å². The fourth-order valence-corrected chi connectivity index (χ4v) is 3.74. The van der Waals surface area contributed by atoms with E-state index in [4.69, 9.17) is 10.5 Å². The summed E-state index contributed by atoms with van der Waals surface area (Å²) >= 11 is 0. The zero-order valence-corrected chi connectivity index (χ0v) is 18.2. The maximum Gasteiger partial charge on any atom is 0.338 e. The van der Waals surface area contributed by atoms with Gasteiger partial charge in [0.25, 0.3) is 0 Å². The molecule has 0 saturated carbocycles. The van der Waals surface area contributed by atoms with Gasteiger partial charge < -0.3 is 20.7 Å². The maximum atomic E-state index is 11.8. The Morgan fingerprint density at radius 3 is 2.44 bits per heavy atom. The van der Waals surface area contributed by atoms with Crippen molar-refractivity contribution in [2.75, 3.05) is 48.7 Å². The van der Waals surface area contributed by atoms with E-state index in [2.05, 4.69) is 49.4 Å². The Morgan fingerprint density at radius 1 is 1.03 bits per heavy atom. The molecule has 1 fully saturated rings. The van der Waals surface area contributed by atoms with Gasteiger partial charge in [-0.05, 0) is 36.8 Å². The summed E-state index contributed by atoms with van der Waals surface area (Å²) in [5.41, 5.74) is 9.54. The average molecular weight is 433 g/mol. The number of aromatic nitrogens is 2. The SMILES string of the molecule is CCOC(=O)c1ccc(Nc2ncnc(N3CCN(Cc4ccccc4)CC3)c2N)cc1. The fourth-order valence-electron chi connectivity index (χ4n) is 3.74. The third-order valence-electron chi connectivity index (χ3n) is 5.44. The zero-order valence-electron chi connectivity index (χ0n) is 18.2. The number of hydrogen-bond acceptors (Lipinski definition) is 8. The highest BCUT2D eigenvalue weighted by molar-refractivity contribution is 5.90. The molecule has 3 N–H and O–H groups in total. The van der Waals surface area contributed by atoms with Gasteiger partial charge in [-0.3, -0.25) is 4.90 Å². The molecule has 8 heteroatoms. The van der Waals surface area contributed by atoms with E-state index in [1.807, 2.05) is 6.07 Å². The number of piperazine rings is 1.